The van der Waals surface area contributed by atoms with Crippen LogP contribution in [-0.2, 0) is 6.54 Å². The summed E-state index contributed by atoms with van der Waals surface area (Å²) in [6.45, 7) is 6.41. The van der Waals surface area contributed by atoms with Crippen LogP contribution in [0.25, 0.3) is 11.4 Å². The number of hydrogen-bond donors (Lipinski definition) is 0. The first-order valence-electron chi connectivity index (χ1n) is 8.42. The zero-order valence-corrected chi connectivity index (χ0v) is 14.2. The lowest BCUT2D eigenvalue weighted by Crippen LogP contribution is -2.46. The van der Waals surface area contributed by atoms with Gasteiger partial charge in [0.15, 0.2) is 0 Å². The fourth-order valence-corrected chi connectivity index (χ4v) is 2.99. The van der Waals surface area contributed by atoms with Crippen LogP contribution in [0.15, 0.2) is 47.2 Å². The van der Waals surface area contributed by atoms with Crippen LogP contribution >= 0.6 is 0 Å². The summed E-state index contributed by atoms with van der Waals surface area (Å²) in [5.41, 5.74) is 2.71. The van der Waals surface area contributed by atoms with E-state index in [-0.39, 0.29) is 0 Å². The first-order chi connectivity index (χ1) is 12.3. The first-order valence-corrected chi connectivity index (χ1v) is 8.42. The van der Waals surface area contributed by atoms with E-state index in [4.69, 9.17) is 4.52 Å². The largest absolute Gasteiger partial charge is 0.361 e. The molecular weight excluding hydrogens is 316 g/mol. The molecule has 0 spiro atoms. The molecule has 1 aliphatic rings. The van der Waals surface area contributed by atoms with E-state index in [9.17, 15) is 0 Å². The van der Waals surface area contributed by atoms with Crippen LogP contribution in [0.4, 0.5) is 5.95 Å². The highest BCUT2D eigenvalue weighted by Gasteiger charge is 2.20. The van der Waals surface area contributed by atoms with Gasteiger partial charge in [-0.3, -0.25) is 9.88 Å². The number of pyridine rings is 1. The first kappa shape index (κ1) is 15.7. The summed E-state index contributed by atoms with van der Waals surface area (Å²) in [5, 5.41) is 4.07. The Morgan fingerprint density at radius 2 is 1.88 bits per heavy atom. The molecule has 7 heteroatoms. The lowest BCUT2D eigenvalue weighted by molar-refractivity contribution is 0.240. The van der Waals surface area contributed by atoms with Gasteiger partial charge in [0.25, 0.3) is 0 Å². The van der Waals surface area contributed by atoms with E-state index in [1.165, 1.54) is 0 Å². The predicted octanol–water partition coefficient (Wildman–Crippen LogP) is 2.16. The fraction of sp³-hybridized carbons (Fsp3) is 0.333. The topological polar surface area (TPSA) is 71.2 Å². The van der Waals surface area contributed by atoms with Gasteiger partial charge in [-0.2, -0.15) is 0 Å². The summed E-state index contributed by atoms with van der Waals surface area (Å²) >= 11 is 0. The third-order valence-electron chi connectivity index (χ3n) is 4.29. The second-order valence-electron chi connectivity index (χ2n) is 6.15. The lowest BCUT2D eigenvalue weighted by atomic mass is 10.2. The van der Waals surface area contributed by atoms with Gasteiger partial charge in [-0.15, -0.1) is 0 Å². The highest BCUT2D eigenvalue weighted by molar-refractivity contribution is 5.55. The normalized spacial score (nSPS) is 15.5. The second-order valence-corrected chi connectivity index (χ2v) is 6.15. The zero-order valence-electron chi connectivity index (χ0n) is 14.2. The molecule has 0 aliphatic carbocycles. The van der Waals surface area contributed by atoms with Crippen molar-refractivity contribution in [1.29, 1.82) is 0 Å². The average Bonchev–Trinajstić information content (AvgIpc) is 3.08. The molecule has 0 amide bonds. The maximum Gasteiger partial charge on any atom is 0.225 e. The molecule has 0 saturated carbocycles. The van der Waals surface area contributed by atoms with Gasteiger partial charge in [0.05, 0.1) is 17.1 Å². The maximum atomic E-state index is 5.14. The molecule has 7 nitrogen and oxygen atoms in total. The van der Waals surface area contributed by atoms with E-state index < -0.39 is 0 Å². The molecule has 0 unspecified atom stereocenters. The summed E-state index contributed by atoms with van der Waals surface area (Å²) in [7, 11) is 0. The molecular formula is C18H20N6O. The summed E-state index contributed by atoms with van der Waals surface area (Å²) in [6.07, 6.45) is 3.58. The summed E-state index contributed by atoms with van der Waals surface area (Å²) < 4.78 is 5.14. The van der Waals surface area contributed by atoms with Gasteiger partial charge in [-0.1, -0.05) is 11.2 Å². The summed E-state index contributed by atoms with van der Waals surface area (Å²) in [4.78, 5) is 18.1. The van der Waals surface area contributed by atoms with Crippen LogP contribution in [0.3, 0.4) is 0 Å². The van der Waals surface area contributed by atoms with Gasteiger partial charge in [-0.25, -0.2) is 9.97 Å². The van der Waals surface area contributed by atoms with Crippen LogP contribution in [0.1, 0.15) is 11.5 Å². The highest BCUT2D eigenvalue weighted by atomic mass is 16.5. The molecule has 4 heterocycles. The molecule has 0 bridgehead atoms. The van der Waals surface area contributed by atoms with Crippen molar-refractivity contribution < 1.29 is 4.52 Å². The third-order valence-corrected chi connectivity index (χ3v) is 4.29. The van der Waals surface area contributed by atoms with Crippen LogP contribution in [-0.4, -0.2) is 51.2 Å². The Labute approximate surface area is 146 Å². The monoisotopic (exact) mass is 336 g/mol. The maximum absolute atomic E-state index is 5.14. The summed E-state index contributed by atoms with van der Waals surface area (Å²) in [5.74, 6) is 1.62. The SMILES string of the molecule is Cc1cc(CN2CCN(c3nccc(-c4ccccn4)n3)CC2)no1. The van der Waals surface area contributed by atoms with Crippen molar-refractivity contribution >= 4 is 5.95 Å². The van der Waals surface area contributed by atoms with E-state index in [0.29, 0.717) is 0 Å². The van der Waals surface area contributed by atoms with E-state index in [1.54, 1.807) is 12.4 Å². The third kappa shape index (κ3) is 3.66. The molecule has 25 heavy (non-hydrogen) atoms. The average molecular weight is 336 g/mol. The Hall–Kier alpha value is -2.80. The Bertz CT molecular complexity index is 826. The van der Waals surface area contributed by atoms with E-state index in [0.717, 1.165) is 61.5 Å². The number of aryl methyl sites for hydroxylation is 1. The second kappa shape index (κ2) is 6.98. The molecule has 4 rings (SSSR count). The van der Waals surface area contributed by atoms with Gasteiger partial charge < -0.3 is 9.42 Å². The van der Waals surface area contributed by atoms with E-state index in [2.05, 4.69) is 29.9 Å². The smallest absolute Gasteiger partial charge is 0.225 e. The Morgan fingerprint density at radius 3 is 2.60 bits per heavy atom. The van der Waals surface area contributed by atoms with Gasteiger partial charge >= 0.3 is 0 Å². The minimum Gasteiger partial charge on any atom is -0.361 e. The number of rotatable bonds is 4. The van der Waals surface area contributed by atoms with Crippen molar-refractivity contribution in [3.8, 4) is 11.4 Å². The van der Waals surface area contributed by atoms with Crippen LogP contribution in [0.2, 0.25) is 0 Å². The fourth-order valence-electron chi connectivity index (χ4n) is 2.99. The number of hydrogen-bond acceptors (Lipinski definition) is 7. The minimum absolute atomic E-state index is 0.764. The number of nitrogens with zero attached hydrogens (tertiary/aromatic N) is 6. The molecule has 1 fully saturated rings. The van der Waals surface area contributed by atoms with Crippen LogP contribution < -0.4 is 4.90 Å². The van der Waals surface area contributed by atoms with Crippen molar-refractivity contribution in [3.05, 3.63) is 54.2 Å². The number of aromatic nitrogens is 4. The molecule has 0 N–H and O–H groups in total. The molecule has 0 atom stereocenters. The van der Waals surface area contributed by atoms with Gasteiger partial charge in [0.1, 0.15) is 5.76 Å². The molecule has 128 valence electrons. The van der Waals surface area contributed by atoms with Gasteiger partial charge in [0.2, 0.25) is 5.95 Å². The molecule has 1 aliphatic heterocycles. The number of piperazine rings is 1. The van der Waals surface area contributed by atoms with Gasteiger partial charge in [0, 0.05) is 51.2 Å². The zero-order chi connectivity index (χ0) is 17.1. The molecule has 3 aromatic heterocycles. The Balaban J connectivity index is 1.41. The molecule has 3 aromatic rings. The van der Waals surface area contributed by atoms with Crippen molar-refractivity contribution in [2.24, 2.45) is 0 Å². The van der Waals surface area contributed by atoms with Crippen LogP contribution in [0.5, 0.6) is 0 Å². The summed E-state index contributed by atoms with van der Waals surface area (Å²) in [6, 6.07) is 9.72. The molecule has 0 aromatic carbocycles. The Morgan fingerprint density at radius 1 is 1.00 bits per heavy atom. The Kier molecular flexibility index (Phi) is 4.39. The number of anilines is 1. The standard InChI is InChI=1S/C18H20N6O/c1-14-12-15(22-25-14)13-23-8-10-24(11-9-23)18-20-7-5-17(21-18)16-4-2-3-6-19-16/h2-7,12H,8-11,13H2,1H3. The highest BCUT2D eigenvalue weighted by Crippen LogP contribution is 2.18. The van der Waals surface area contributed by atoms with Crippen LogP contribution in [0, 0.1) is 6.92 Å². The quantitative estimate of drug-likeness (QED) is 0.723. The van der Waals surface area contributed by atoms with Crippen molar-refractivity contribution in [2.75, 3.05) is 31.1 Å². The minimum atomic E-state index is 0.764. The molecule has 0 radical (unpaired) electrons. The van der Waals surface area contributed by atoms with E-state index >= 15 is 0 Å². The lowest BCUT2D eigenvalue weighted by Gasteiger charge is -2.34. The van der Waals surface area contributed by atoms with Gasteiger partial charge in [-0.05, 0) is 25.1 Å². The molecule has 1 saturated heterocycles. The van der Waals surface area contributed by atoms with Crippen molar-refractivity contribution in [1.82, 2.24) is 25.0 Å². The van der Waals surface area contributed by atoms with E-state index in [1.807, 2.05) is 37.3 Å². The van der Waals surface area contributed by atoms with Crippen molar-refractivity contribution in [2.45, 2.75) is 13.5 Å². The predicted molar refractivity (Wildman–Crippen MR) is 94.0 cm³/mol. The van der Waals surface area contributed by atoms with Crippen molar-refractivity contribution in [3.63, 3.8) is 0 Å².